The summed E-state index contributed by atoms with van der Waals surface area (Å²) in [7, 11) is 0. The van der Waals surface area contributed by atoms with Gasteiger partial charge in [0, 0.05) is 0 Å². The van der Waals surface area contributed by atoms with Crippen molar-refractivity contribution in [1.29, 1.82) is 0 Å². The monoisotopic (exact) mass is 852 g/mol. The second-order valence-electron chi connectivity index (χ2n) is 19.3. The highest BCUT2D eigenvalue weighted by Crippen LogP contribution is 2.19. The van der Waals surface area contributed by atoms with Gasteiger partial charge < -0.3 is 25.7 Å². The number of hydrogen-bond acceptors (Lipinski definition) is 5. The highest BCUT2D eigenvalue weighted by molar-refractivity contribution is 5.80. The van der Waals surface area contributed by atoms with Gasteiger partial charge in [0.25, 0.3) is 0 Å². The molecule has 0 aromatic carbocycles. The summed E-state index contributed by atoms with van der Waals surface area (Å²) in [5.74, 6) is -0.577. The molecule has 4 atom stereocenters. The highest BCUT2D eigenvalue weighted by Gasteiger charge is 2.28. The molecule has 0 spiro atoms. The number of aliphatic hydroxyl groups excluding tert-OH is 4. The second kappa shape index (κ2) is 49.3. The number of carbonyl (C=O) groups excluding carboxylic acids is 1. The van der Waals surface area contributed by atoms with Gasteiger partial charge in [-0.25, -0.2) is 0 Å². The Morgan fingerprint density at radius 1 is 0.350 bits per heavy atom. The van der Waals surface area contributed by atoms with Crippen LogP contribution in [0.5, 0.6) is 0 Å². The minimum atomic E-state index is -1.25. The maximum absolute atomic E-state index is 12.6. The van der Waals surface area contributed by atoms with Gasteiger partial charge in [0.05, 0.1) is 18.8 Å². The quantitative estimate of drug-likeness (QED) is 0.0392. The van der Waals surface area contributed by atoms with Crippen LogP contribution in [0, 0.1) is 0 Å². The molecule has 0 saturated carbocycles. The summed E-state index contributed by atoms with van der Waals surface area (Å²) in [6.45, 7) is 4.08. The molecule has 1 amide bonds. The van der Waals surface area contributed by atoms with E-state index in [1.807, 2.05) is 0 Å². The lowest BCUT2D eigenvalue weighted by molar-refractivity contribution is -0.132. The number of unbranched alkanes of at least 4 members (excludes halogenated alkanes) is 42. The topological polar surface area (TPSA) is 110 Å². The maximum atomic E-state index is 12.6. The molecule has 0 aliphatic carbocycles. The molecule has 4 unspecified atom stereocenters. The fourth-order valence-electron chi connectivity index (χ4n) is 9.00. The first-order chi connectivity index (χ1) is 29.5. The SMILES string of the molecule is CCCCCCCCCCCCCCCCCCCCCCCCCCCCCCCCC(O)C(=O)NC(CO)C(O)C(O)CCCCCCCCCCCCCCCC. The Bertz CT molecular complexity index is 826. The molecule has 0 aliphatic heterocycles. The summed E-state index contributed by atoms with van der Waals surface area (Å²) >= 11 is 0. The maximum Gasteiger partial charge on any atom is 0.249 e. The molecule has 6 nitrogen and oxygen atoms in total. The molecule has 0 heterocycles. The van der Waals surface area contributed by atoms with Gasteiger partial charge in [-0.2, -0.15) is 0 Å². The zero-order valence-electron chi connectivity index (χ0n) is 40.7. The van der Waals surface area contributed by atoms with Crippen molar-refractivity contribution in [1.82, 2.24) is 5.32 Å². The third kappa shape index (κ3) is 42.6. The van der Waals surface area contributed by atoms with Crippen molar-refractivity contribution < 1.29 is 25.2 Å². The van der Waals surface area contributed by atoms with E-state index in [2.05, 4.69) is 19.2 Å². The van der Waals surface area contributed by atoms with Gasteiger partial charge in [0.15, 0.2) is 0 Å². The highest BCUT2D eigenvalue weighted by atomic mass is 16.3. The van der Waals surface area contributed by atoms with E-state index >= 15 is 0 Å². The minimum absolute atomic E-state index is 0.376. The Hall–Kier alpha value is -0.690. The zero-order chi connectivity index (χ0) is 43.8. The zero-order valence-corrected chi connectivity index (χ0v) is 40.7. The lowest BCUT2D eigenvalue weighted by atomic mass is 9.99. The van der Waals surface area contributed by atoms with Crippen LogP contribution in [-0.4, -0.2) is 57.3 Å². The van der Waals surface area contributed by atoms with Gasteiger partial charge in [-0.3, -0.25) is 4.79 Å². The number of hydrogen-bond donors (Lipinski definition) is 5. The van der Waals surface area contributed by atoms with Crippen LogP contribution in [-0.2, 0) is 4.79 Å². The fourth-order valence-corrected chi connectivity index (χ4v) is 9.00. The van der Waals surface area contributed by atoms with Crippen LogP contribution in [0.15, 0.2) is 0 Å². The van der Waals surface area contributed by atoms with Crippen molar-refractivity contribution >= 4 is 5.91 Å². The number of aliphatic hydroxyl groups is 4. The van der Waals surface area contributed by atoms with Crippen LogP contribution >= 0.6 is 0 Å². The number of nitrogens with one attached hydrogen (secondary N) is 1. The molecule has 5 N–H and O–H groups in total. The summed E-state index contributed by atoms with van der Waals surface area (Å²) < 4.78 is 0. The first-order valence-corrected chi connectivity index (χ1v) is 27.4. The molecule has 0 rings (SSSR count). The summed E-state index contributed by atoms with van der Waals surface area (Å²) in [6, 6.07) is -0.979. The molecule has 0 aromatic heterocycles. The van der Waals surface area contributed by atoms with Gasteiger partial charge in [0.2, 0.25) is 5.91 Å². The van der Waals surface area contributed by atoms with Crippen LogP contribution in [0.3, 0.4) is 0 Å². The Morgan fingerprint density at radius 3 is 0.800 bits per heavy atom. The van der Waals surface area contributed by atoms with Crippen molar-refractivity contribution in [2.24, 2.45) is 0 Å². The Balaban J connectivity index is 3.53. The second-order valence-corrected chi connectivity index (χ2v) is 19.3. The van der Waals surface area contributed by atoms with Crippen LogP contribution in [0.2, 0.25) is 0 Å². The fraction of sp³-hybridized carbons (Fsp3) is 0.981. The molecule has 0 bridgehead atoms. The van der Waals surface area contributed by atoms with E-state index in [9.17, 15) is 25.2 Å². The van der Waals surface area contributed by atoms with Crippen LogP contribution < -0.4 is 5.32 Å². The molecule has 6 heteroatoms. The van der Waals surface area contributed by atoms with Gasteiger partial charge in [-0.05, 0) is 12.8 Å². The third-order valence-corrected chi connectivity index (χ3v) is 13.3. The smallest absolute Gasteiger partial charge is 0.249 e. The van der Waals surface area contributed by atoms with Gasteiger partial charge >= 0.3 is 0 Å². The summed E-state index contributed by atoms with van der Waals surface area (Å²) in [4.78, 5) is 12.6. The van der Waals surface area contributed by atoms with Gasteiger partial charge in [0.1, 0.15) is 12.2 Å². The molecular weight excluding hydrogens is 743 g/mol. The van der Waals surface area contributed by atoms with E-state index in [1.165, 1.54) is 244 Å². The molecule has 0 aliphatic rings. The van der Waals surface area contributed by atoms with Crippen molar-refractivity contribution in [3.8, 4) is 0 Å². The van der Waals surface area contributed by atoms with E-state index in [0.29, 0.717) is 12.8 Å². The average Bonchev–Trinajstić information content (AvgIpc) is 3.25. The molecular formula is C54H109NO5. The Labute approximate surface area is 375 Å². The summed E-state index contributed by atoms with van der Waals surface area (Å²) in [5.41, 5.74) is 0. The normalized spacial score (nSPS) is 13.8. The van der Waals surface area contributed by atoms with Gasteiger partial charge in [-0.15, -0.1) is 0 Å². The van der Waals surface area contributed by atoms with Crippen LogP contribution in [0.1, 0.15) is 309 Å². The largest absolute Gasteiger partial charge is 0.394 e. The predicted octanol–water partition coefficient (Wildman–Crippen LogP) is 15.5. The van der Waals surface area contributed by atoms with E-state index < -0.39 is 36.9 Å². The first-order valence-electron chi connectivity index (χ1n) is 27.4. The van der Waals surface area contributed by atoms with Gasteiger partial charge in [-0.1, -0.05) is 296 Å². The van der Waals surface area contributed by atoms with Crippen LogP contribution in [0.25, 0.3) is 0 Å². The molecule has 60 heavy (non-hydrogen) atoms. The molecule has 0 radical (unpaired) electrons. The lowest BCUT2D eigenvalue weighted by Crippen LogP contribution is -2.53. The van der Waals surface area contributed by atoms with E-state index in [1.54, 1.807) is 0 Å². The van der Waals surface area contributed by atoms with Crippen molar-refractivity contribution in [3.05, 3.63) is 0 Å². The predicted molar refractivity (Wildman–Crippen MR) is 261 cm³/mol. The summed E-state index contributed by atoms with van der Waals surface area (Å²) in [5, 5.41) is 43.9. The molecule has 0 saturated heterocycles. The first kappa shape index (κ1) is 59.3. The third-order valence-electron chi connectivity index (χ3n) is 13.3. The molecule has 360 valence electrons. The van der Waals surface area contributed by atoms with E-state index in [0.717, 1.165) is 38.5 Å². The van der Waals surface area contributed by atoms with Crippen molar-refractivity contribution in [2.75, 3.05) is 6.61 Å². The van der Waals surface area contributed by atoms with E-state index in [4.69, 9.17) is 0 Å². The number of amides is 1. The number of rotatable bonds is 51. The average molecular weight is 852 g/mol. The lowest BCUT2D eigenvalue weighted by Gasteiger charge is -2.27. The van der Waals surface area contributed by atoms with Crippen molar-refractivity contribution in [3.63, 3.8) is 0 Å². The van der Waals surface area contributed by atoms with Crippen molar-refractivity contribution in [2.45, 2.75) is 334 Å². The minimum Gasteiger partial charge on any atom is -0.394 e. The van der Waals surface area contributed by atoms with Crippen LogP contribution in [0.4, 0.5) is 0 Å². The van der Waals surface area contributed by atoms with E-state index in [-0.39, 0.29) is 0 Å². The molecule has 0 fully saturated rings. The molecule has 0 aromatic rings. The standard InChI is InChI=1S/C54H109NO5/c1-3-5-7-9-11-13-15-17-19-20-21-22-23-24-25-26-27-28-29-30-31-32-33-34-36-38-40-42-44-46-48-52(58)54(60)55-50(49-56)53(59)51(57)47-45-43-41-39-37-35-18-16-14-12-10-8-6-4-2/h50-53,56-59H,3-49H2,1-2H3,(H,55,60). The Kier molecular flexibility index (Phi) is 48.8. The summed E-state index contributed by atoms with van der Waals surface area (Å²) in [6.07, 6.45) is 56.0. The Morgan fingerprint density at radius 2 is 0.567 bits per heavy atom. The number of carbonyl (C=O) groups is 1.